The number of esters is 2. The second-order valence-corrected chi connectivity index (χ2v) is 5.80. The number of Topliss-reactive ketones (excluding diaryl/α,β-unsaturated/α-hetero) is 1. The number of ether oxygens (including phenoxy) is 2. The summed E-state index contributed by atoms with van der Waals surface area (Å²) in [6, 6.07) is 1.10. The highest BCUT2D eigenvalue weighted by atomic mass is 19.4. The second-order valence-electron chi connectivity index (χ2n) is 5.80. The first-order chi connectivity index (χ1) is 12.5. The topological polar surface area (TPSA) is 97.5 Å². The van der Waals surface area contributed by atoms with Gasteiger partial charge < -0.3 is 19.8 Å². The number of halogens is 3. The summed E-state index contributed by atoms with van der Waals surface area (Å²) in [6.45, 7) is 3.13. The van der Waals surface area contributed by atoms with Crippen molar-refractivity contribution in [3.63, 3.8) is 0 Å². The molecule has 0 aliphatic rings. The van der Waals surface area contributed by atoms with Gasteiger partial charge in [-0.25, -0.2) is 9.59 Å². The zero-order chi connectivity index (χ0) is 20.9. The molecule has 27 heavy (non-hydrogen) atoms. The van der Waals surface area contributed by atoms with Crippen LogP contribution in [0.2, 0.25) is 0 Å². The number of hydrogen-bond acceptors (Lipinski definition) is 6. The summed E-state index contributed by atoms with van der Waals surface area (Å²) in [7, 11) is 3.70. The molecule has 150 valence electrons. The number of methoxy groups -OCH3 is 2. The first-order valence-electron chi connectivity index (χ1n) is 7.86. The van der Waals surface area contributed by atoms with Gasteiger partial charge in [-0.3, -0.25) is 4.79 Å². The number of carbonyl (C=O) groups excluding carboxylic acids is 3. The fourth-order valence-corrected chi connectivity index (χ4v) is 2.60. The second kappa shape index (κ2) is 8.74. The summed E-state index contributed by atoms with van der Waals surface area (Å²) in [5.41, 5.74) is 0.0179. The van der Waals surface area contributed by atoms with Crippen LogP contribution in [0.25, 0.3) is 0 Å². The molecule has 1 aromatic heterocycles. The third-order valence-corrected chi connectivity index (χ3v) is 3.94. The van der Waals surface area contributed by atoms with Gasteiger partial charge in [-0.05, 0) is 30.9 Å². The first-order valence-corrected chi connectivity index (χ1v) is 7.86. The van der Waals surface area contributed by atoms with Crippen LogP contribution in [0.5, 0.6) is 0 Å². The number of aryl methyl sites for hydroxylation is 1. The SMILES string of the molecule is CN/C(C(=O)OC)=C(/C(=O)OC)C(C)Cc1[nH]c(C(=O)C(F)(F)F)cc1C. The number of H-pyrrole nitrogens is 1. The number of rotatable bonds is 7. The Morgan fingerprint density at radius 1 is 1.19 bits per heavy atom. The van der Waals surface area contributed by atoms with Crippen LogP contribution in [-0.2, 0) is 25.5 Å². The van der Waals surface area contributed by atoms with Gasteiger partial charge in [-0.2, -0.15) is 13.2 Å². The fourth-order valence-electron chi connectivity index (χ4n) is 2.60. The summed E-state index contributed by atoms with van der Waals surface area (Å²) >= 11 is 0. The summed E-state index contributed by atoms with van der Waals surface area (Å²) in [6.07, 6.45) is -4.94. The molecule has 1 aromatic rings. The largest absolute Gasteiger partial charge is 0.466 e. The van der Waals surface area contributed by atoms with Crippen molar-refractivity contribution in [1.29, 1.82) is 0 Å². The molecule has 0 saturated heterocycles. The van der Waals surface area contributed by atoms with E-state index < -0.39 is 35.5 Å². The van der Waals surface area contributed by atoms with E-state index in [4.69, 9.17) is 4.74 Å². The third-order valence-electron chi connectivity index (χ3n) is 3.94. The smallest absolute Gasteiger partial charge is 0.456 e. The Balaban J connectivity index is 3.28. The number of aromatic nitrogens is 1. The van der Waals surface area contributed by atoms with Gasteiger partial charge in [0.2, 0.25) is 0 Å². The van der Waals surface area contributed by atoms with Crippen LogP contribution in [0.4, 0.5) is 13.2 Å². The lowest BCUT2D eigenvalue weighted by atomic mass is 9.93. The molecule has 2 N–H and O–H groups in total. The number of carbonyl (C=O) groups is 3. The molecule has 0 fully saturated rings. The molecule has 0 aromatic carbocycles. The number of alkyl halides is 3. The van der Waals surface area contributed by atoms with Gasteiger partial charge in [0, 0.05) is 12.7 Å². The third kappa shape index (κ3) is 5.11. The van der Waals surface area contributed by atoms with E-state index in [1.165, 1.54) is 14.0 Å². The Labute approximate surface area is 153 Å². The highest BCUT2D eigenvalue weighted by Crippen LogP contribution is 2.26. The molecule has 0 aliphatic carbocycles. The monoisotopic (exact) mass is 390 g/mol. The minimum absolute atomic E-state index is 0.0236. The van der Waals surface area contributed by atoms with Crippen molar-refractivity contribution in [3.05, 3.63) is 34.3 Å². The first kappa shape index (κ1) is 22.3. The van der Waals surface area contributed by atoms with Crippen LogP contribution in [-0.4, -0.2) is 50.1 Å². The van der Waals surface area contributed by atoms with Crippen molar-refractivity contribution < 1.29 is 37.0 Å². The average molecular weight is 390 g/mol. The molecular formula is C17H21F3N2O5. The molecule has 0 amide bonds. The minimum Gasteiger partial charge on any atom is -0.466 e. The Kier molecular flexibility index (Phi) is 7.21. The van der Waals surface area contributed by atoms with Crippen molar-refractivity contribution in [2.24, 2.45) is 5.92 Å². The average Bonchev–Trinajstić information content (AvgIpc) is 2.96. The summed E-state index contributed by atoms with van der Waals surface area (Å²) in [5.74, 6) is -4.20. The van der Waals surface area contributed by atoms with Crippen molar-refractivity contribution >= 4 is 17.7 Å². The van der Waals surface area contributed by atoms with Crippen LogP contribution in [0.1, 0.15) is 28.7 Å². The molecule has 0 aliphatic heterocycles. The van der Waals surface area contributed by atoms with E-state index in [0.29, 0.717) is 11.3 Å². The molecule has 1 heterocycles. The molecule has 0 bridgehead atoms. The quantitative estimate of drug-likeness (QED) is 0.420. The van der Waals surface area contributed by atoms with E-state index >= 15 is 0 Å². The van der Waals surface area contributed by atoms with E-state index in [1.54, 1.807) is 6.92 Å². The molecule has 10 heteroatoms. The summed E-state index contributed by atoms with van der Waals surface area (Å²) in [4.78, 5) is 37.9. The van der Waals surface area contributed by atoms with Gasteiger partial charge in [0.1, 0.15) is 5.70 Å². The predicted octanol–water partition coefficient (Wildman–Crippen LogP) is 2.07. The predicted molar refractivity (Wildman–Crippen MR) is 88.9 cm³/mol. The zero-order valence-electron chi connectivity index (χ0n) is 15.5. The van der Waals surface area contributed by atoms with E-state index in [2.05, 4.69) is 15.0 Å². The lowest BCUT2D eigenvalue weighted by Gasteiger charge is -2.18. The minimum atomic E-state index is -5.00. The maximum absolute atomic E-state index is 12.6. The zero-order valence-corrected chi connectivity index (χ0v) is 15.5. The Morgan fingerprint density at radius 3 is 2.19 bits per heavy atom. The van der Waals surface area contributed by atoms with Crippen LogP contribution in [0, 0.1) is 12.8 Å². The fraction of sp³-hybridized carbons (Fsp3) is 0.471. The highest BCUT2D eigenvalue weighted by Gasteiger charge is 2.40. The molecule has 0 radical (unpaired) electrons. The molecule has 1 atom stereocenters. The van der Waals surface area contributed by atoms with Crippen molar-refractivity contribution in [1.82, 2.24) is 10.3 Å². The molecule has 0 spiro atoms. The number of likely N-dealkylation sites (N-methyl/N-ethyl adjacent to an activating group) is 1. The molecule has 0 saturated carbocycles. The number of aromatic amines is 1. The van der Waals surface area contributed by atoms with E-state index in [1.807, 2.05) is 0 Å². The van der Waals surface area contributed by atoms with Crippen molar-refractivity contribution in [2.45, 2.75) is 26.4 Å². The number of ketones is 1. The summed E-state index contributed by atoms with van der Waals surface area (Å²) in [5, 5.41) is 2.58. The van der Waals surface area contributed by atoms with Gasteiger partial charge in [0.15, 0.2) is 0 Å². The van der Waals surface area contributed by atoms with Gasteiger partial charge in [0.25, 0.3) is 5.78 Å². The van der Waals surface area contributed by atoms with Gasteiger partial charge in [0.05, 0.1) is 25.5 Å². The van der Waals surface area contributed by atoms with E-state index in [0.717, 1.165) is 20.3 Å². The Hall–Kier alpha value is -2.78. The molecular weight excluding hydrogens is 369 g/mol. The lowest BCUT2D eigenvalue weighted by molar-refractivity contribution is -0.140. The molecule has 1 rings (SSSR count). The normalized spacial score (nSPS) is 13.5. The van der Waals surface area contributed by atoms with Crippen LogP contribution >= 0.6 is 0 Å². The molecule has 7 nitrogen and oxygen atoms in total. The highest BCUT2D eigenvalue weighted by molar-refractivity contribution is 6.00. The number of hydrogen-bond donors (Lipinski definition) is 2. The van der Waals surface area contributed by atoms with Gasteiger partial charge in [-0.1, -0.05) is 6.92 Å². The van der Waals surface area contributed by atoms with Crippen molar-refractivity contribution in [2.75, 3.05) is 21.3 Å². The van der Waals surface area contributed by atoms with Crippen LogP contribution in [0.3, 0.4) is 0 Å². The van der Waals surface area contributed by atoms with E-state index in [9.17, 15) is 27.6 Å². The molecule has 1 unspecified atom stereocenters. The standard InChI is InChI=1S/C17H21F3N2O5/c1-8-6-11(14(23)17(18,19)20)22-10(8)7-9(2)12(15(24)26-4)13(21-3)16(25)27-5/h6,9,21-22H,7H2,1-5H3/b13-12+. The lowest BCUT2D eigenvalue weighted by Crippen LogP contribution is -2.27. The van der Waals surface area contributed by atoms with E-state index in [-0.39, 0.29) is 17.7 Å². The number of nitrogens with one attached hydrogen (secondary N) is 2. The summed E-state index contributed by atoms with van der Waals surface area (Å²) < 4.78 is 47.1. The van der Waals surface area contributed by atoms with Crippen LogP contribution in [0.15, 0.2) is 17.3 Å². The maximum atomic E-state index is 12.6. The maximum Gasteiger partial charge on any atom is 0.456 e. The van der Waals surface area contributed by atoms with Gasteiger partial charge in [-0.15, -0.1) is 0 Å². The van der Waals surface area contributed by atoms with Gasteiger partial charge >= 0.3 is 18.1 Å². The Bertz CT molecular complexity index is 765. The Morgan fingerprint density at radius 2 is 1.74 bits per heavy atom. The van der Waals surface area contributed by atoms with Crippen molar-refractivity contribution in [3.8, 4) is 0 Å². The van der Waals surface area contributed by atoms with Crippen LogP contribution < -0.4 is 5.32 Å².